The van der Waals surface area contributed by atoms with E-state index in [0.717, 1.165) is 5.56 Å². The smallest absolute Gasteiger partial charge is 0.206 e. The summed E-state index contributed by atoms with van der Waals surface area (Å²) in [5.41, 5.74) is 3.41. The molecular formula is C25H20O2S. The Hall–Kier alpha value is -3.17. The van der Waals surface area contributed by atoms with E-state index in [1.165, 1.54) is 11.1 Å². The minimum atomic E-state index is -3.51. The number of hydrogen-bond donors (Lipinski definition) is 0. The highest BCUT2D eigenvalue weighted by Crippen LogP contribution is 2.32. The molecule has 138 valence electrons. The van der Waals surface area contributed by atoms with Crippen LogP contribution in [0.25, 0.3) is 0 Å². The molecule has 0 aliphatic heterocycles. The summed E-state index contributed by atoms with van der Waals surface area (Å²) < 4.78 is 25.7. The van der Waals surface area contributed by atoms with Gasteiger partial charge in [0.1, 0.15) is 0 Å². The maximum Gasteiger partial charge on any atom is 0.206 e. The highest BCUT2D eigenvalue weighted by molar-refractivity contribution is 7.91. The van der Waals surface area contributed by atoms with E-state index in [-0.39, 0.29) is 5.92 Å². The van der Waals surface area contributed by atoms with Crippen LogP contribution in [0.4, 0.5) is 0 Å². The second-order valence-electron chi connectivity index (χ2n) is 6.64. The summed E-state index contributed by atoms with van der Waals surface area (Å²) in [4.78, 5) is 0.618. The normalized spacial score (nSPS) is 11.5. The van der Waals surface area contributed by atoms with Gasteiger partial charge in [-0.1, -0.05) is 91.0 Å². The van der Waals surface area contributed by atoms with Crippen molar-refractivity contribution in [2.45, 2.75) is 15.7 Å². The molecule has 4 aromatic carbocycles. The van der Waals surface area contributed by atoms with E-state index in [0.29, 0.717) is 9.79 Å². The number of benzene rings is 4. The zero-order chi connectivity index (χ0) is 19.4. The second-order valence-corrected chi connectivity index (χ2v) is 8.59. The Balaban J connectivity index is 1.75. The molecule has 0 atom stereocenters. The molecule has 4 aromatic rings. The maximum atomic E-state index is 12.9. The summed E-state index contributed by atoms with van der Waals surface area (Å²) >= 11 is 0. The summed E-state index contributed by atoms with van der Waals surface area (Å²) in [6.07, 6.45) is 0. The van der Waals surface area contributed by atoms with Crippen LogP contribution in [-0.4, -0.2) is 8.42 Å². The van der Waals surface area contributed by atoms with E-state index in [9.17, 15) is 8.42 Å². The number of rotatable bonds is 5. The average molecular weight is 385 g/mol. The summed E-state index contributed by atoms with van der Waals surface area (Å²) in [5.74, 6) is 0.0517. The molecule has 0 aliphatic carbocycles. The van der Waals surface area contributed by atoms with Crippen molar-refractivity contribution in [1.82, 2.24) is 0 Å². The summed E-state index contributed by atoms with van der Waals surface area (Å²) in [7, 11) is -3.51. The highest BCUT2D eigenvalue weighted by Gasteiger charge is 2.20. The molecule has 4 rings (SSSR count). The van der Waals surface area contributed by atoms with Crippen molar-refractivity contribution in [3.63, 3.8) is 0 Å². The van der Waals surface area contributed by atoms with Crippen LogP contribution in [0.15, 0.2) is 125 Å². The van der Waals surface area contributed by atoms with Gasteiger partial charge in [0.15, 0.2) is 0 Å². The fourth-order valence-electron chi connectivity index (χ4n) is 3.44. The first-order valence-electron chi connectivity index (χ1n) is 9.16. The van der Waals surface area contributed by atoms with Crippen molar-refractivity contribution in [1.29, 1.82) is 0 Å². The van der Waals surface area contributed by atoms with Crippen molar-refractivity contribution in [2.24, 2.45) is 0 Å². The molecule has 0 amide bonds. The van der Waals surface area contributed by atoms with Gasteiger partial charge in [0.2, 0.25) is 9.84 Å². The van der Waals surface area contributed by atoms with Crippen LogP contribution in [0.3, 0.4) is 0 Å². The van der Waals surface area contributed by atoms with Crippen molar-refractivity contribution in [3.8, 4) is 0 Å². The van der Waals surface area contributed by atoms with Crippen LogP contribution in [0.5, 0.6) is 0 Å². The Kier molecular flexibility index (Phi) is 5.09. The highest BCUT2D eigenvalue weighted by atomic mass is 32.2. The fraction of sp³-hybridized carbons (Fsp3) is 0.0400. The van der Waals surface area contributed by atoms with E-state index in [1.807, 2.05) is 54.6 Å². The van der Waals surface area contributed by atoms with Gasteiger partial charge in [-0.3, -0.25) is 0 Å². The van der Waals surface area contributed by atoms with Gasteiger partial charge in [0.25, 0.3) is 0 Å². The van der Waals surface area contributed by atoms with Gasteiger partial charge in [-0.15, -0.1) is 0 Å². The Labute approximate surface area is 166 Å². The molecule has 0 saturated heterocycles. The molecule has 0 aliphatic rings. The molecular weight excluding hydrogens is 364 g/mol. The molecule has 0 heterocycles. The standard InChI is InChI=1S/C25H20O2S/c26-28(27,23-14-8-3-9-15-23)24-18-16-22(17-19-24)25(20-10-4-1-5-11-20)21-12-6-2-7-13-21/h1-19,25H. The van der Waals surface area contributed by atoms with Gasteiger partial charge < -0.3 is 0 Å². The van der Waals surface area contributed by atoms with Gasteiger partial charge in [-0.25, -0.2) is 8.42 Å². The molecule has 0 radical (unpaired) electrons. The van der Waals surface area contributed by atoms with Crippen molar-refractivity contribution < 1.29 is 8.42 Å². The van der Waals surface area contributed by atoms with Crippen LogP contribution >= 0.6 is 0 Å². The molecule has 0 spiro atoms. The molecule has 0 fully saturated rings. The van der Waals surface area contributed by atoms with Gasteiger partial charge in [-0.2, -0.15) is 0 Å². The molecule has 0 unspecified atom stereocenters. The van der Waals surface area contributed by atoms with Gasteiger partial charge in [-0.05, 0) is 41.0 Å². The second kappa shape index (κ2) is 7.83. The quantitative estimate of drug-likeness (QED) is 0.414. The van der Waals surface area contributed by atoms with Gasteiger partial charge in [0.05, 0.1) is 9.79 Å². The first-order valence-corrected chi connectivity index (χ1v) is 10.6. The minimum Gasteiger partial charge on any atom is -0.219 e. The van der Waals surface area contributed by atoms with Crippen molar-refractivity contribution >= 4 is 9.84 Å². The van der Waals surface area contributed by atoms with Crippen molar-refractivity contribution in [2.75, 3.05) is 0 Å². The summed E-state index contributed by atoms with van der Waals surface area (Å²) in [6, 6.07) is 36.3. The molecule has 3 heteroatoms. The van der Waals surface area contributed by atoms with Crippen molar-refractivity contribution in [3.05, 3.63) is 132 Å². The number of sulfone groups is 1. The third-order valence-corrected chi connectivity index (χ3v) is 6.63. The molecule has 0 aromatic heterocycles. The van der Waals surface area contributed by atoms with E-state index in [1.54, 1.807) is 36.4 Å². The molecule has 0 saturated carbocycles. The Morgan fingerprint density at radius 1 is 0.429 bits per heavy atom. The van der Waals surface area contributed by atoms with E-state index in [2.05, 4.69) is 24.3 Å². The molecule has 0 N–H and O–H groups in total. The molecule has 2 nitrogen and oxygen atoms in total. The zero-order valence-corrected chi connectivity index (χ0v) is 16.1. The maximum absolute atomic E-state index is 12.9. The monoisotopic (exact) mass is 384 g/mol. The topological polar surface area (TPSA) is 34.1 Å². The lowest BCUT2D eigenvalue weighted by molar-refractivity contribution is 0.596. The van der Waals surface area contributed by atoms with Gasteiger partial charge in [0, 0.05) is 5.92 Å². The third-order valence-electron chi connectivity index (χ3n) is 4.84. The van der Waals surface area contributed by atoms with E-state index in [4.69, 9.17) is 0 Å². The Morgan fingerprint density at radius 2 is 0.786 bits per heavy atom. The predicted octanol–water partition coefficient (Wildman–Crippen LogP) is 5.70. The summed E-state index contributed by atoms with van der Waals surface area (Å²) in [5, 5.41) is 0. The largest absolute Gasteiger partial charge is 0.219 e. The lowest BCUT2D eigenvalue weighted by Crippen LogP contribution is -2.05. The lowest BCUT2D eigenvalue weighted by Gasteiger charge is -2.19. The third kappa shape index (κ3) is 3.62. The Morgan fingerprint density at radius 3 is 1.25 bits per heavy atom. The van der Waals surface area contributed by atoms with Crippen LogP contribution in [0.1, 0.15) is 22.6 Å². The fourth-order valence-corrected chi connectivity index (χ4v) is 4.73. The minimum absolute atomic E-state index is 0.0517. The van der Waals surface area contributed by atoms with Crippen LogP contribution < -0.4 is 0 Å². The number of hydrogen-bond acceptors (Lipinski definition) is 2. The average Bonchev–Trinajstić information content (AvgIpc) is 2.76. The summed E-state index contributed by atoms with van der Waals surface area (Å²) in [6.45, 7) is 0. The first-order chi connectivity index (χ1) is 13.7. The van der Waals surface area contributed by atoms with Crippen LogP contribution in [0.2, 0.25) is 0 Å². The predicted molar refractivity (Wildman–Crippen MR) is 112 cm³/mol. The Bertz CT molecular complexity index is 1100. The SMILES string of the molecule is O=S(=O)(c1ccccc1)c1ccc(C(c2ccccc2)c2ccccc2)cc1. The van der Waals surface area contributed by atoms with Crippen LogP contribution in [-0.2, 0) is 9.84 Å². The van der Waals surface area contributed by atoms with E-state index >= 15 is 0 Å². The van der Waals surface area contributed by atoms with Gasteiger partial charge >= 0.3 is 0 Å². The molecule has 28 heavy (non-hydrogen) atoms. The molecule has 0 bridgehead atoms. The zero-order valence-electron chi connectivity index (χ0n) is 15.3. The lowest BCUT2D eigenvalue weighted by atomic mass is 9.85. The van der Waals surface area contributed by atoms with Crippen LogP contribution in [0, 0.1) is 0 Å². The van der Waals surface area contributed by atoms with E-state index < -0.39 is 9.84 Å². The first kappa shape index (κ1) is 18.2.